The van der Waals surface area contributed by atoms with Crippen LogP contribution in [0, 0.1) is 5.92 Å². The molecule has 1 unspecified atom stereocenters. The number of aliphatic imine (C=N–C) groups is 1. The molecule has 1 heterocycles. The Morgan fingerprint density at radius 3 is 3.05 bits per heavy atom. The van der Waals surface area contributed by atoms with Gasteiger partial charge in [0.1, 0.15) is 5.75 Å². The quantitative estimate of drug-likeness (QED) is 0.646. The number of hydrogen-bond donors (Lipinski definition) is 1. The molecule has 1 fully saturated rings. The van der Waals surface area contributed by atoms with Gasteiger partial charge in [-0.15, -0.1) is 0 Å². The molecule has 0 spiro atoms. The molecule has 1 saturated heterocycles. The molecule has 5 heteroatoms. The van der Waals surface area contributed by atoms with Crippen LogP contribution in [0.2, 0.25) is 0 Å². The summed E-state index contributed by atoms with van der Waals surface area (Å²) < 4.78 is 11.0. The Morgan fingerprint density at radius 1 is 1.50 bits per heavy atom. The van der Waals surface area contributed by atoms with Crippen LogP contribution in [0.3, 0.4) is 0 Å². The fourth-order valence-corrected chi connectivity index (χ4v) is 2.68. The molecule has 1 N–H and O–H groups in total. The zero-order chi connectivity index (χ0) is 15.8. The van der Waals surface area contributed by atoms with Gasteiger partial charge in [-0.2, -0.15) is 0 Å². The predicted molar refractivity (Wildman–Crippen MR) is 89.4 cm³/mol. The molecule has 0 amide bonds. The van der Waals surface area contributed by atoms with E-state index in [0.717, 1.165) is 44.4 Å². The molecule has 122 valence electrons. The molecule has 1 aliphatic heterocycles. The lowest BCUT2D eigenvalue weighted by molar-refractivity contribution is 0.181. The fraction of sp³-hybridized carbons (Fsp3) is 0.588. The van der Waals surface area contributed by atoms with E-state index in [2.05, 4.69) is 34.4 Å². The van der Waals surface area contributed by atoms with E-state index in [0.29, 0.717) is 12.5 Å². The average molecular weight is 305 g/mol. The SMILES string of the molecule is CCOc1cccc(CNC(=NC)N(C)CC2CCOC2)c1. The highest BCUT2D eigenvalue weighted by Crippen LogP contribution is 2.14. The monoisotopic (exact) mass is 305 g/mol. The summed E-state index contributed by atoms with van der Waals surface area (Å²) >= 11 is 0. The van der Waals surface area contributed by atoms with Crippen LogP contribution in [0.4, 0.5) is 0 Å². The lowest BCUT2D eigenvalue weighted by atomic mass is 10.1. The molecule has 0 saturated carbocycles. The largest absolute Gasteiger partial charge is 0.494 e. The highest BCUT2D eigenvalue weighted by molar-refractivity contribution is 5.79. The number of nitrogens with one attached hydrogen (secondary N) is 1. The predicted octanol–water partition coefficient (Wildman–Crippen LogP) is 2.13. The summed E-state index contributed by atoms with van der Waals surface area (Å²) in [7, 11) is 3.89. The van der Waals surface area contributed by atoms with Crippen molar-refractivity contribution in [2.75, 3.05) is 40.5 Å². The van der Waals surface area contributed by atoms with Gasteiger partial charge in [0.2, 0.25) is 0 Å². The highest BCUT2D eigenvalue weighted by Gasteiger charge is 2.18. The Morgan fingerprint density at radius 2 is 2.36 bits per heavy atom. The molecule has 0 radical (unpaired) electrons. The molecule has 22 heavy (non-hydrogen) atoms. The van der Waals surface area contributed by atoms with Crippen molar-refractivity contribution in [3.63, 3.8) is 0 Å². The second-order valence-corrected chi connectivity index (χ2v) is 5.59. The molecule has 0 aliphatic carbocycles. The topological polar surface area (TPSA) is 46.1 Å². The number of ether oxygens (including phenoxy) is 2. The van der Waals surface area contributed by atoms with Gasteiger partial charge < -0.3 is 19.7 Å². The van der Waals surface area contributed by atoms with Crippen molar-refractivity contribution < 1.29 is 9.47 Å². The molecular formula is C17H27N3O2. The lowest BCUT2D eigenvalue weighted by Crippen LogP contribution is -2.41. The summed E-state index contributed by atoms with van der Waals surface area (Å²) in [6, 6.07) is 8.15. The average Bonchev–Trinajstić information content (AvgIpc) is 3.01. The van der Waals surface area contributed by atoms with E-state index in [1.807, 2.05) is 26.1 Å². The molecule has 1 aromatic rings. The van der Waals surface area contributed by atoms with Crippen LogP contribution in [-0.2, 0) is 11.3 Å². The number of hydrogen-bond acceptors (Lipinski definition) is 3. The summed E-state index contributed by atoms with van der Waals surface area (Å²) in [5, 5.41) is 3.41. The number of nitrogens with zero attached hydrogens (tertiary/aromatic N) is 2. The van der Waals surface area contributed by atoms with Crippen LogP contribution in [0.25, 0.3) is 0 Å². The normalized spacial score (nSPS) is 18.3. The van der Waals surface area contributed by atoms with E-state index in [4.69, 9.17) is 9.47 Å². The lowest BCUT2D eigenvalue weighted by Gasteiger charge is -2.24. The van der Waals surface area contributed by atoms with Crippen molar-refractivity contribution in [1.29, 1.82) is 0 Å². The van der Waals surface area contributed by atoms with Gasteiger partial charge in [-0.05, 0) is 31.0 Å². The molecule has 1 atom stereocenters. The Labute approximate surface area is 133 Å². The van der Waals surface area contributed by atoms with Crippen molar-refractivity contribution in [3.05, 3.63) is 29.8 Å². The zero-order valence-corrected chi connectivity index (χ0v) is 13.8. The Hall–Kier alpha value is -1.75. The molecule has 2 rings (SSSR count). The standard InChI is InChI=1S/C17H27N3O2/c1-4-22-16-7-5-6-14(10-16)11-19-17(18-2)20(3)12-15-8-9-21-13-15/h5-7,10,15H,4,8-9,11-13H2,1-3H3,(H,18,19). The van der Waals surface area contributed by atoms with Crippen molar-refractivity contribution in [2.24, 2.45) is 10.9 Å². The van der Waals surface area contributed by atoms with Crippen LogP contribution < -0.4 is 10.1 Å². The van der Waals surface area contributed by atoms with Crippen LogP contribution in [0.15, 0.2) is 29.3 Å². The van der Waals surface area contributed by atoms with Crippen LogP contribution in [0.5, 0.6) is 5.75 Å². The Balaban J connectivity index is 1.86. The van der Waals surface area contributed by atoms with Crippen molar-refractivity contribution in [3.8, 4) is 5.75 Å². The van der Waals surface area contributed by atoms with Crippen molar-refractivity contribution in [2.45, 2.75) is 19.9 Å². The minimum atomic E-state index is 0.602. The first-order chi connectivity index (χ1) is 10.7. The first-order valence-corrected chi connectivity index (χ1v) is 7.94. The minimum Gasteiger partial charge on any atom is -0.494 e. The zero-order valence-electron chi connectivity index (χ0n) is 13.8. The van der Waals surface area contributed by atoms with Gasteiger partial charge in [-0.1, -0.05) is 12.1 Å². The molecule has 1 aliphatic rings. The minimum absolute atomic E-state index is 0.602. The van der Waals surface area contributed by atoms with E-state index < -0.39 is 0 Å². The van der Waals surface area contributed by atoms with E-state index in [-0.39, 0.29) is 0 Å². The molecule has 5 nitrogen and oxygen atoms in total. The number of rotatable bonds is 6. The highest BCUT2D eigenvalue weighted by atomic mass is 16.5. The second-order valence-electron chi connectivity index (χ2n) is 5.59. The third kappa shape index (κ3) is 4.91. The van der Waals surface area contributed by atoms with Gasteiger partial charge in [-0.3, -0.25) is 4.99 Å². The third-order valence-electron chi connectivity index (χ3n) is 3.79. The molecule has 0 bridgehead atoms. The number of benzene rings is 1. The van der Waals surface area contributed by atoms with Crippen molar-refractivity contribution >= 4 is 5.96 Å². The van der Waals surface area contributed by atoms with E-state index in [1.165, 1.54) is 5.56 Å². The maximum Gasteiger partial charge on any atom is 0.193 e. The van der Waals surface area contributed by atoms with Gasteiger partial charge in [0.15, 0.2) is 5.96 Å². The fourth-order valence-electron chi connectivity index (χ4n) is 2.68. The maximum atomic E-state index is 5.53. The second kappa shape index (κ2) is 8.63. The van der Waals surface area contributed by atoms with E-state index in [1.54, 1.807) is 0 Å². The first-order valence-electron chi connectivity index (χ1n) is 7.94. The maximum absolute atomic E-state index is 5.53. The van der Waals surface area contributed by atoms with E-state index >= 15 is 0 Å². The van der Waals surface area contributed by atoms with Crippen molar-refractivity contribution in [1.82, 2.24) is 10.2 Å². The van der Waals surface area contributed by atoms with Gasteiger partial charge in [0, 0.05) is 39.7 Å². The Bertz CT molecular complexity index is 485. The third-order valence-corrected chi connectivity index (χ3v) is 3.79. The summed E-state index contributed by atoms with van der Waals surface area (Å²) in [6.07, 6.45) is 1.14. The summed E-state index contributed by atoms with van der Waals surface area (Å²) in [5.41, 5.74) is 1.18. The van der Waals surface area contributed by atoms with Crippen LogP contribution in [0.1, 0.15) is 18.9 Å². The van der Waals surface area contributed by atoms with Crippen LogP contribution in [-0.4, -0.2) is 51.3 Å². The molecule has 0 aromatic heterocycles. The Kier molecular flexibility index (Phi) is 6.52. The summed E-state index contributed by atoms with van der Waals surface area (Å²) in [6.45, 7) is 6.13. The van der Waals surface area contributed by atoms with Crippen LogP contribution >= 0.6 is 0 Å². The van der Waals surface area contributed by atoms with Gasteiger partial charge in [0.05, 0.1) is 13.2 Å². The van der Waals surface area contributed by atoms with Gasteiger partial charge in [-0.25, -0.2) is 0 Å². The van der Waals surface area contributed by atoms with E-state index in [9.17, 15) is 0 Å². The first kappa shape index (κ1) is 16.6. The molecular weight excluding hydrogens is 278 g/mol. The summed E-state index contributed by atoms with van der Waals surface area (Å²) in [4.78, 5) is 6.54. The molecule has 1 aromatic carbocycles. The van der Waals surface area contributed by atoms with Gasteiger partial charge >= 0.3 is 0 Å². The smallest absolute Gasteiger partial charge is 0.193 e. The number of guanidine groups is 1. The summed E-state index contributed by atoms with van der Waals surface area (Å²) in [5.74, 6) is 2.42. The van der Waals surface area contributed by atoms with Gasteiger partial charge in [0.25, 0.3) is 0 Å².